The first-order valence-electron chi connectivity index (χ1n) is 12.8. The molecule has 0 fully saturated rings. The van der Waals surface area contributed by atoms with Gasteiger partial charge in [-0.1, -0.05) is 6.07 Å². The van der Waals surface area contributed by atoms with Crippen LogP contribution in [0.15, 0.2) is 65.9 Å². The lowest BCUT2D eigenvalue weighted by molar-refractivity contribution is -0.137. The minimum atomic E-state index is -4.50. The molecule has 1 aromatic heterocycles. The Labute approximate surface area is 233 Å². The van der Waals surface area contributed by atoms with Crippen molar-refractivity contribution in [3.8, 4) is 11.5 Å². The highest BCUT2D eigenvalue weighted by atomic mass is 19.4. The number of amides is 3. The van der Waals surface area contributed by atoms with E-state index in [2.05, 4.69) is 10.4 Å². The summed E-state index contributed by atoms with van der Waals surface area (Å²) in [4.78, 5) is 28.1. The number of carbonyl (C=O) groups excluding carboxylic acids is 2. The minimum absolute atomic E-state index is 0.0611. The van der Waals surface area contributed by atoms with E-state index in [1.54, 1.807) is 6.07 Å². The lowest BCUT2D eigenvalue weighted by atomic mass is 10.00. The summed E-state index contributed by atoms with van der Waals surface area (Å²) in [5.41, 5.74) is 1.65. The number of halogens is 3. The standard InChI is InChI=1S/C28H28F3N5O5/c1-34-11-3-4-22(34)21-15-23(18-5-10-24-25(14-18)41-17-40-24)36(33-21)26(37)16-35(12-13-39-2)27(38)32-20-8-6-19(7-9-20)28(29,30)31/h3-11,14,23H,12-13,15-17H2,1-2H3,(H,32,38)/t23-/m0/s1. The number of ether oxygens (including phenoxy) is 3. The van der Waals surface area contributed by atoms with Crippen molar-refractivity contribution in [3.63, 3.8) is 0 Å². The van der Waals surface area contributed by atoms with Gasteiger partial charge in [-0.05, 0) is 54.1 Å². The van der Waals surface area contributed by atoms with Crippen molar-refractivity contribution in [2.75, 3.05) is 38.9 Å². The lowest BCUT2D eigenvalue weighted by Gasteiger charge is -2.27. The fourth-order valence-corrected chi connectivity index (χ4v) is 4.67. The van der Waals surface area contributed by atoms with E-state index in [4.69, 9.17) is 14.2 Å². The Morgan fingerprint density at radius 1 is 1.12 bits per heavy atom. The maximum atomic E-state index is 13.7. The number of fused-ring (bicyclic) bond motifs is 1. The second kappa shape index (κ2) is 11.5. The summed E-state index contributed by atoms with van der Waals surface area (Å²) in [6, 6.07) is 12.2. The molecule has 3 heterocycles. The highest BCUT2D eigenvalue weighted by molar-refractivity contribution is 6.02. The fraction of sp³-hybridized carbons (Fsp3) is 0.321. The van der Waals surface area contributed by atoms with Gasteiger partial charge < -0.3 is 29.0 Å². The molecule has 3 aromatic rings. The predicted molar refractivity (Wildman–Crippen MR) is 143 cm³/mol. The average molecular weight is 572 g/mol. The van der Waals surface area contributed by atoms with Crippen LogP contribution in [0.5, 0.6) is 11.5 Å². The van der Waals surface area contributed by atoms with Crippen LogP contribution < -0.4 is 14.8 Å². The zero-order chi connectivity index (χ0) is 29.1. The molecule has 1 N–H and O–H groups in total. The summed E-state index contributed by atoms with van der Waals surface area (Å²) in [7, 11) is 3.34. The number of hydrogen-bond donors (Lipinski definition) is 1. The Morgan fingerprint density at radius 2 is 1.88 bits per heavy atom. The number of nitrogens with zero attached hydrogens (tertiary/aromatic N) is 4. The van der Waals surface area contributed by atoms with E-state index >= 15 is 0 Å². The first-order chi connectivity index (χ1) is 19.6. The molecule has 13 heteroatoms. The molecule has 0 unspecified atom stereocenters. The SMILES string of the molecule is COCCN(CC(=O)N1N=C(c2cccn2C)C[C@H]1c1ccc2c(c1)OCO2)C(=O)Nc1ccc(C(F)(F)F)cc1. The molecule has 5 rings (SSSR count). The number of benzene rings is 2. The maximum absolute atomic E-state index is 13.7. The summed E-state index contributed by atoms with van der Waals surface area (Å²) in [5, 5.41) is 8.59. The Kier molecular flexibility index (Phi) is 7.88. The number of nitrogens with one attached hydrogen (secondary N) is 1. The third kappa shape index (κ3) is 6.14. The molecule has 1 atom stereocenters. The Balaban J connectivity index is 1.37. The third-order valence-electron chi connectivity index (χ3n) is 6.83. The molecule has 41 heavy (non-hydrogen) atoms. The molecule has 0 bridgehead atoms. The van der Waals surface area contributed by atoms with Crippen molar-refractivity contribution in [3.05, 3.63) is 77.6 Å². The van der Waals surface area contributed by atoms with Gasteiger partial charge in [0.1, 0.15) is 6.54 Å². The van der Waals surface area contributed by atoms with Gasteiger partial charge in [-0.15, -0.1) is 0 Å². The van der Waals surface area contributed by atoms with Gasteiger partial charge in [0.2, 0.25) is 6.79 Å². The molecule has 0 spiro atoms. The number of aromatic nitrogens is 1. The van der Waals surface area contributed by atoms with Crippen molar-refractivity contribution < 1.29 is 37.0 Å². The number of anilines is 1. The number of urea groups is 1. The first-order valence-corrected chi connectivity index (χ1v) is 12.8. The summed E-state index contributed by atoms with van der Waals surface area (Å²) < 4.78 is 56.7. The van der Waals surface area contributed by atoms with Gasteiger partial charge in [-0.2, -0.15) is 18.3 Å². The van der Waals surface area contributed by atoms with E-state index in [1.807, 2.05) is 42.1 Å². The number of carbonyl (C=O) groups is 2. The van der Waals surface area contributed by atoms with Gasteiger partial charge in [0, 0.05) is 39.0 Å². The molecule has 0 aliphatic carbocycles. The molecule has 0 saturated carbocycles. The van der Waals surface area contributed by atoms with Gasteiger partial charge in [-0.25, -0.2) is 9.80 Å². The third-order valence-corrected chi connectivity index (χ3v) is 6.83. The summed E-state index contributed by atoms with van der Waals surface area (Å²) in [6.07, 6.45) is -2.18. The Morgan fingerprint density at radius 3 is 2.56 bits per heavy atom. The van der Waals surface area contributed by atoms with Crippen LogP contribution >= 0.6 is 0 Å². The average Bonchev–Trinajstić information content (AvgIpc) is 3.69. The van der Waals surface area contributed by atoms with Crippen LogP contribution in [-0.4, -0.2) is 65.7 Å². The highest BCUT2D eigenvalue weighted by Gasteiger charge is 2.36. The summed E-state index contributed by atoms with van der Waals surface area (Å²) >= 11 is 0. The minimum Gasteiger partial charge on any atom is -0.454 e. The topological polar surface area (TPSA) is 97.6 Å². The molecule has 0 radical (unpaired) electrons. The second-order valence-corrected chi connectivity index (χ2v) is 9.54. The molecule has 2 aliphatic rings. The number of alkyl halides is 3. The molecule has 2 aliphatic heterocycles. The highest BCUT2D eigenvalue weighted by Crippen LogP contribution is 2.39. The number of methoxy groups -OCH3 is 1. The smallest absolute Gasteiger partial charge is 0.416 e. The zero-order valence-corrected chi connectivity index (χ0v) is 22.4. The molecule has 0 saturated heterocycles. The van der Waals surface area contributed by atoms with Gasteiger partial charge in [0.25, 0.3) is 5.91 Å². The second-order valence-electron chi connectivity index (χ2n) is 9.54. The van der Waals surface area contributed by atoms with Crippen molar-refractivity contribution in [1.82, 2.24) is 14.5 Å². The van der Waals surface area contributed by atoms with Crippen molar-refractivity contribution >= 4 is 23.3 Å². The molecule has 3 amide bonds. The molecular weight excluding hydrogens is 543 g/mol. The van der Waals surface area contributed by atoms with Gasteiger partial charge in [-0.3, -0.25) is 4.79 Å². The van der Waals surface area contributed by atoms with E-state index in [1.165, 1.54) is 17.0 Å². The maximum Gasteiger partial charge on any atom is 0.416 e. The van der Waals surface area contributed by atoms with Crippen molar-refractivity contribution in [1.29, 1.82) is 0 Å². The van der Waals surface area contributed by atoms with Gasteiger partial charge >= 0.3 is 12.2 Å². The van der Waals surface area contributed by atoms with Gasteiger partial charge in [0.15, 0.2) is 11.5 Å². The number of rotatable bonds is 8. The van der Waals surface area contributed by atoms with E-state index < -0.39 is 29.7 Å². The largest absolute Gasteiger partial charge is 0.454 e. The van der Waals surface area contributed by atoms with E-state index in [9.17, 15) is 22.8 Å². The number of hydrogen-bond acceptors (Lipinski definition) is 6. The summed E-state index contributed by atoms with van der Waals surface area (Å²) in [6.45, 7) is -0.0384. The number of aryl methyl sites for hydroxylation is 1. The quantitative estimate of drug-likeness (QED) is 0.425. The molecule has 10 nitrogen and oxygen atoms in total. The fourth-order valence-electron chi connectivity index (χ4n) is 4.67. The Bertz CT molecular complexity index is 1450. The van der Waals surface area contributed by atoms with E-state index in [0.717, 1.165) is 35.5 Å². The van der Waals surface area contributed by atoms with E-state index in [-0.39, 0.29) is 32.2 Å². The zero-order valence-electron chi connectivity index (χ0n) is 22.4. The van der Waals surface area contributed by atoms with Crippen molar-refractivity contribution in [2.45, 2.75) is 18.6 Å². The van der Waals surface area contributed by atoms with Crippen LogP contribution in [0.3, 0.4) is 0 Å². The van der Waals surface area contributed by atoms with Crippen LogP contribution in [0.1, 0.15) is 29.3 Å². The molecule has 216 valence electrons. The Hall–Kier alpha value is -4.52. The molecule has 2 aromatic carbocycles. The van der Waals surface area contributed by atoms with E-state index in [0.29, 0.717) is 23.6 Å². The summed E-state index contributed by atoms with van der Waals surface area (Å²) in [5.74, 6) is 0.731. The van der Waals surface area contributed by atoms with Crippen LogP contribution in [0, 0.1) is 0 Å². The monoisotopic (exact) mass is 571 g/mol. The lowest BCUT2D eigenvalue weighted by Crippen LogP contribution is -2.44. The van der Waals surface area contributed by atoms with Crippen LogP contribution in [0.25, 0.3) is 0 Å². The predicted octanol–water partition coefficient (Wildman–Crippen LogP) is 4.63. The van der Waals surface area contributed by atoms with Crippen LogP contribution in [0.4, 0.5) is 23.7 Å². The first kappa shape index (κ1) is 28.0. The molecular formula is C28H28F3N5O5. The van der Waals surface area contributed by atoms with Gasteiger partial charge in [0.05, 0.1) is 29.6 Å². The van der Waals surface area contributed by atoms with Crippen LogP contribution in [0.2, 0.25) is 0 Å². The number of hydrazone groups is 1. The van der Waals surface area contributed by atoms with Crippen molar-refractivity contribution in [2.24, 2.45) is 12.1 Å². The normalized spacial score (nSPS) is 16.1. The van der Waals surface area contributed by atoms with Crippen LogP contribution in [-0.2, 0) is 22.8 Å².